The lowest BCUT2D eigenvalue weighted by Crippen LogP contribution is -2.30. The highest BCUT2D eigenvalue weighted by Crippen LogP contribution is 2.22. The highest BCUT2D eigenvalue weighted by molar-refractivity contribution is 7.80. The summed E-state index contributed by atoms with van der Waals surface area (Å²) in [5.74, 6) is -0.213. The maximum absolute atomic E-state index is 13.8. The molecule has 1 fully saturated rings. The summed E-state index contributed by atoms with van der Waals surface area (Å²) in [6, 6.07) is 7.27. The molecule has 0 aliphatic heterocycles. The largest absolute Gasteiger partial charge is 0.360 e. The number of nitrogens with one attached hydrogen (secondary N) is 2. The van der Waals surface area contributed by atoms with E-state index in [1.54, 1.807) is 16.8 Å². The van der Waals surface area contributed by atoms with Gasteiger partial charge in [0.1, 0.15) is 5.82 Å². The van der Waals surface area contributed by atoms with Gasteiger partial charge in [0.15, 0.2) is 5.11 Å². The first-order valence-electron chi connectivity index (χ1n) is 7.39. The van der Waals surface area contributed by atoms with E-state index >= 15 is 0 Å². The molecule has 0 radical (unpaired) electrons. The van der Waals surface area contributed by atoms with Crippen LogP contribution in [-0.4, -0.2) is 20.9 Å². The van der Waals surface area contributed by atoms with Crippen LogP contribution in [0.15, 0.2) is 24.3 Å². The maximum atomic E-state index is 13.8. The smallest absolute Gasteiger partial charge is 0.171 e. The summed E-state index contributed by atoms with van der Waals surface area (Å²) in [4.78, 5) is 0. The molecule has 0 atom stereocenters. The molecule has 0 saturated heterocycles. The molecule has 1 aliphatic rings. The molecule has 1 heterocycles. The van der Waals surface area contributed by atoms with E-state index in [2.05, 4.69) is 15.7 Å². The second kappa shape index (κ2) is 6.04. The molecule has 0 amide bonds. The number of hydrogen-bond acceptors (Lipinski definition) is 2. The van der Waals surface area contributed by atoms with Gasteiger partial charge in [-0.25, -0.2) is 4.39 Å². The summed E-state index contributed by atoms with van der Waals surface area (Å²) in [5.41, 5.74) is 3.32. The molecule has 1 aliphatic carbocycles. The maximum Gasteiger partial charge on any atom is 0.171 e. The monoisotopic (exact) mass is 318 g/mol. The zero-order chi connectivity index (χ0) is 15.7. The van der Waals surface area contributed by atoms with Crippen molar-refractivity contribution in [3.05, 3.63) is 47.0 Å². The van der Waals surface area contributed by atoms with Crippen molar-refractivity contribution in [2.45, 2.75) is 39.3 Å². The first-order valence-corrected chi connectivity index (χ1v) is 7.80. The Bertz CT molecular complexity index is 706. The molecular weight excluding hydrogens is 299 g/mol. The van der Waals surface area contributed by atoms with Crippen LogP contribution in [0.5, 0.6) is 0 Å². The lowest BCUT2D eigenvalue weighted by molar-refractivity contribution is 0.579. The molecule has 1 saturated carbocycles. The normalized spacial score (nSPS) is 14.0. The Kier molecular flexibility index (Phi) is 4.11. The van der Waals surface area contributed by atoms with Gasteiger partial charge < -0.3 is 10.6 Å². The van der Waals surface area contributed by atoms with Crippen molar-refractivity contribution in [3.8, 4) is 0 Å². The molecule has 0 unspecified atom stereocenters. The lowest BCUT2D eigenvalue weighted by Gasteiger charge is -2.10. The van der Waals surface area contributed by atoms with Gasteiger partial charge in [-0.15, -0.1) is 0 Å². The van der Waals surface area contributed by atoms with Gasteiger partial charge in [0.25, 0.3) is 0 Å². The van der Waals surface area contributed by atoms with Crippen molar-refractivity contribution < 1.29 is 4.39 Å². The number of thiocarbonyl (C=S) groups is 1. The molecule has 0 bridgehead atoms. The Morgan fingerprint density at radius 1 is 1.36 bits per heavy atom. The minimum Gasteiger partial charge on any atom is -0.360 e. The van der Waals surface area contributed by atoms with Crippen molar-refractivity contribution >= 4 is 23.0 Å². The van der Waals surface area contributed by atoms with Crippen molar-refractivity contribution in [3.63, 3.8) is 0 Å². The number of rotatable bonds is 4. The summed E-state index contributed by atoms with van der Waals surface area (Å²) in [6.07, 6.45) is 2.35. The van der Waals surface area contributed by atoms with Crippen LogP contribution >= 0.6 is 12.2 Å². The summed E-state index contributed by atoms with van der Waals surface area (Å²) in [5, 5.41) is 11.6. The predicted octanol–water partition coefficient (Wildman–Crippen LogP) is 3.14. The standard InChI is InChI=1S/C16H19FN4S/c1-10-15(19-16(22)18-13-7-8-13)11(2)21(20-10)9-12-5-3-4-6-14(12)17/h3-6,13H,7-9H2,1-2H3,(H2,18,19,22). The van der Waals surface area contributed by atoms with Crippen LogP contribution in [0, 0.1) is 19.7 Å². The minimum atomic E-state index is -0.213. The van der Waals surface area contributed by atoms with Gasteiger partial charge in [-0.3, -0.25) is 4.68 Å². The second-order valence-corrected chi connectivity index (χ2v) is 6.08. The molecule has 3 rings (SSSR count). The molecule has 2 N–H and O–H groups in total. The Hall–Kier alpha value is -1.95. The number of anilines is 1. The highest BCUT2D eigenvalue weighted by Gasteiger charge is 2.22. The number of nitrogens with zero attached hydrogens (tertiary/aromatic N) is 2. The molecule has 1 aromatic heterocycles. The third-order valence-electron chi connectivity index (χ3n) is 3.81. The zero-order valence-electron chi connectivity index (χ0n) is 12.7. The molecule has 116 valence electrons. The van der Waals surface area contributed by atoms with E-state index in [9.17, 15) is 4.39 Å². The van der Waals surface area contributed by atoms with E-state index in [1.165, 1.54) is 18.9 Å². The Morgan fingerprint density at radius 2 is 2.09 bits per heavy atom. The lowest BCUT2D eigenvalue weighted by atomic mass is 10.2. The number of benzene rings is 1. The fourth-order valence-corrected chi connectivity index (χ4v) is 2.65. The molecule has 6 heteroatoms. The van der Waals surface area contributed by atoms with Crippen molar-refractivity contribution in [1.82, 2.24) is 15.1 Å². The molecule has 22 heavy (non-hydrogen) atoms. The van der Waals surface area contributed by atoms with Crippen molar-refractivity contribution in [2.24, 2.45) is 0 Å². The van der Waals surface area contributed by atoms with Gasteiger partial charge in [0.05, 0.1) is 23.6 Å². The average molecular weight is 318 g/mol. The Balaban J connectivity index is 1.77. The van der Waals surface area contributed by atoms with E-state index in [4.69, 9.17) is 12.2 Å². The van der Waals surface area contributed by atoms with E-state index in [0.29, 0.717) is 23.3 Å². The third-order valence-corrected chi connectivity index (χ3v) is 4.03. The van der Waals surface area contributed by atoms with Gasteiger partial charge in [0.2, 0.25) is 0 Å². The predicted molar refractivity (Wildman–Crippen MR) is 89.6 cm³/mol. The Morgan fingerprint density at radius 3 is 2.77 bits per heavy atom. The number of hydrogen-bond donors (Lipinski definition) is 2. The van der Waals surface area contributed by atoms with Gasteiger partial charge in [-0.2, -0.15) is 5.10 Å². The fourth-order valence-electron chi connectivity index (χ4n) is 2.38. The van der Waals surface area contributed by atoms with Crippen LogP contribution in [-0.2, 0) is 6.54 Å². The first kappa shape index (κ1) is 15.0. The van der Waals surface area contributed by atoms with Gasteiger partial charge in [0, 0.05) is 11.6 Å². The van der Waals surface area contributed by atoms with E-state index in [1.807, 2.05) is 19.9 Å². The zero-order valence-corrected chi connectivity index (χ0v) is 13.5. The number of aromatic nitrogens is 2. The van der Waals surface area contributed by atoms with Crippen LogP contribution in [0.1, 0.15) is 29.8 Å². The average Bonchev–Trinajstić information content (AvgIpc) is 3.25. The molecule has 1 aromatic carbocycles. The van der Waals surface area contributed by atoms with Crippen molar-refractivity contribution in [1.29, 1.82) is 0 Å². The van der Waals surface area contributed by atoms with Crippen LogP contribution < -0.4 is 10.6 Å². The van der Waals surface area contributed by atoms with Gasteiger partial charge in [-0.05, 0) is 45.0 Å². The van der Waals surface area contributed by atoms with Crippen LogP contribution in [0.25, 0.3) is 0 Å². The quantitative estimate of drug-likeness (QED) is 0.850. The van der Waals surface area contributed by atoms with E-state index in [0.717, 1.165) is 17.1 Å². The first-order chi connectivity index (χ1) is 10.5. The molecule has 4 nitrogen and oxygen atoms in total. The topological polar surface area (TPSA) is 41.9 Å². The molecule has 2 aromatic rings. The highest BCUT2D eigenvalue weighted by atomic mass is 32.1. The third kappa shape index (κ3) is 3.27. The Labute approximate surface area is 134 Å². The number of halogens is 1. The van der Waals surface area contributed by atoms with Crippen LogP contribution in [0.3, 0.4) is 0 Å². The summed E-state index contributed by atoms with van der Waals surface area (Å²) < 4.78 is 15.6. The van der Waals surface area contributed by atoms with Gasteiger partial charge in [-0.1, -0.05) is 18.2 Å². The summed E-state index contributed by atoms with van der Waals surface area (Å²) in [6.45, 7) is 4.29. The summed E-state index contributed by atoms with van der Waals surface area (Å²) in [7, 11) is 0. The van der Waals surface area contributed by atoms with Crippen molar-refractivity contribution in [2.75, 3.05) is 5.32 Å². The summed E-state index contributed by atoms with van der Waals surface area (Å²) >= 11 is 5.31. The van der Waals surface area contributed by atoms with E-state index in [-0.39, 0.29) is 5.82 Å². The van der Waals surface area contributed by atoms with E-state index < -0.39 is 0 Å². The van der Waals surface area contributed by atoms with Gasteiger partial charge >= 0.3 is 0 Å². The fraction of sp³-hybridized carbons (Fsp3) is 0.375. The van der Waals surface area contributed by atoms with Crippen LogP contribution in [0.2, 0.25) is 0 Å². The van der Waals surface area contributed by atoms with Crippen LogP contribution in [0.4, 0.5) is 10.1 Å². The SMILES string of the molecule is Cc1nn(Cc2ccccc2F)c(C)c1NC(=S)NC1CC1. The number of aryl methyl sites for hydroxylation is 1. The minimum absolute atomic E-state index is 0.213. The second-order valence-electron chi connectivity index (χ2n) is 5.67. The molecule has 0 spiro atoms. The molecular formula is C16H19FN4S.